The average Bonchev–Trinajstić information content (AvgIpc) is 3.23. The van der Waals surface area contributed by atoms with Gasteiger partial charge >= 0.3 is 0 Å². The standard InChI is InChI=1S/C17H20N6O/c1-13-18-19-16-11-21(9-10-22(13)16)12-17(24)23-8-7-15(20-23)14-5-3-2-4-6-14/h2-6H,7-12H2,1H3. The largest absolute Gasteiger partial charge is 0.313 e. The van der Waals surface area contributed by atoms with E-state index in [2.05, 4.69) is 24.8 Å². The van der Waals surface area contributed by atoms with E-state index in [0.29, 0.717) is 19.6 Å². The number of rotatable bonds is 3. The molecule has 1 aromatic carbocycles. The van der Waals surface area contributed by atoms with Crippen molar-refractivity contribution in [3.63, 3.8) is 0 Å². The second-order valence-electron chi connectivity index (χ2n) is 6.21. The molecule has 0 bridgehead atoms. The number of hydrazone groups is 1. The molecule has 1 amide bonds. The lowest BCUT2D eigenvalue weighted by molar-refractivity contribution is -0.132. The zero-order valence-corrected chi connectivity index (χ0v) is 13.7. The normalized spacial score (nSPS) is 17.7. The fraction of sp³-hybridized carbons (Fsp3) is 0.412. The van der Waals surface area contributed by atoms with Crippen molar-refractivity contribution in [2.24, 2.45) is 5.10 Å². The van der Waals surface area contributed by atoms with Gasteiger partial charge in [-0.1, -0.05) is 30.3 Å². The number of aryl methyl sites for hydroxylation is 1. The summed E-state index contributed by atoms with van der Waals surface area (Å²) in [5, 5.41) is 14.4. The molecular formula is C17H20N6O. The average molecular weight is 324 g/mol. The van der Waals surface area contributed by atoms with Gasteiger partial charge in [0.2, 0.25) is 0 Å². The maximum absolute atomic E-state index is 12.5. The second-order valence-corrected chi connectivity index (χ2v) is 6.21. The van der Waals surface area contributed by atoms with Gasteiger partial charge in [-0.25, -0.2) is 5.01 Å². The predicted octanol–water partition coefficient (Wildman–Crippen LogP) is 1.04. The van der Waals surface area contributed by atoms with Gasteiger partial charge in [0.15, 0.2) is 0 Å². The molecule has 1 aromatic heterocycles. The zero-order chi connectivity index (χ0) is 16.5. The Balaban J connectivity index is 1.40. The molecule has 0 saturated heterocycles. The molecule has 3 heterocycles. The van der Waals surface area contributed by atoms with Crippen molar-refractivity contribution in [1.82, 2.24) is 24.7 Å². The summed E-state index contributed by atoms with van der Waals surface area (Å²) in [6.45, 7) is 5.32. The number of benzene rings is 1. The first-order valence-electron chi connectivity index (χ1n) is 8.25. The topological polar surface area (TPSA) is 66.6 Å². The summed E-state index contributed by atoms with van der Waals surface area (Å²) in [4.78, 5) is 14.7. The molecule has 0 fully saturated rings. The minimum atomic E-state index is 0.0469. The van der Waals surface area contributed by atoms with E-state index in [4.69, 9.17) is 0 Å². The lowest BCUT2D eigenvalue weighted by atomic mass is 10.1. The van der Waals surface area contributed by atoms with Gasteiger partial charge in [0.1, 0.15) is 11.6 Å². The van der Waals surface area contributed by atoms with Crippen LogP contribution in [0.5, 0.6) is 0 Å². The molecule has 0 atom stereocenters. The lowest BCUT2D eigenvalue weighted by Crippen LogP contribution is -2.41. The van der Waals surface area contributed by atoms with Crippen LogP contribution in [0.3, 0.4) is 0 Å². The van der Waals surface area contributed by atoms with Crippen LogP contribution in [0, 0.1) is 6.92 Å². The number of aromatic nitrogens is 3. The number of amides is 1. The number of hydrogen-bond acceptors (Lipinski definition) is 5. The van der Waals surface area contributed by atoms with Gasteiger partial charge < -0.3 is 4.57 Å². The van der Waals surface area contributed by atoms with Crippen molar-refractivity contribution in [3.8, 4) is 0 Å². The molecule has 0 radical (unpaired) electrons. The molecule has 0 saturated carbocycles. The maximum Gasteiger partial charge on any atom is 0.256 e. The van der Waals surface area contributed by atoms with Crippen molar-refractivity contribution in [3.05, 3.63) is 47.5 Å². The number of carbonyl (C=O) groups excluding carboxylic acids is 1. The summed E-state index contributed by atoms with van der Waals surface area (Å²) in [7, 11) is 0. The Morgan fingerprint density at radius 1 is 1.12 bits per heavy atom. The highest BCUT2D eigenvalue weighted by Crippen LogP contribution is 2.16. The Labute approximate surface area is 140 Å². The summed E-state index contributed by atoms with van der Waals surface area (Å²) in [6.07, 6.45) is 0.809. The van der Waals surface area contributed by atoms with Crippen LogP contribution in [0.2, 0.25) is 0 Å². The first-order chi connectivity index (χ1) is 11.7. The van der Waals surface area contributed by atoms with Gasteiger partial charge in [0.25, 0.3) is 5.91 Å². The van der Waals surface area contributed by atoms with E-state index in [0.717, 1.165) is 42.4 Å². The molecule has 2 aromatic rings. The van der Waals surface area contributed by atoms with E-state index < -0.39 is 0 Å². The van der Waals surface area contributed by atoms with Gasteiger partial charge in [-0.2, -0.15) is 5.10 Å². The molecule has 24 heavy (non-hydrogen) atoms. The molecule has 2 aliphatic heterocycles. The fourth-order valence-electron chi connectivity index (χ4n) is 3.23. The number of fused-ring (bicyclic) bond motifs is 1. The van der Waals surface area contributed by atoms with Crippen LogP contribution >= 0.6 is 0 Å². The first kappa shape index (κ1) is 15.0. The molecular weight excluding hydrogens is 304 g/mol. The monoisotopic (exact) mass is 324 g/mol. The summed E-state index contributed by atoms with van der Waals surface area (Å²) in [5.74, 6) is 1.92. The molecule has 4 rings (SSSR count). The molecule has 0 spiro atoms. The van der Waals surface area contributed by atoms with Crippen LogP contribution in [-0.4, -0.2) is 55.9 Å². The van der Waals surface area contributed by atoms with Crippen molar-refractivity contribution >= 4 is 11.6 Å². The highest BCUT2D eigenvalue weighted by molar-refractivity contribution is 6.02. The molecule has 0 unspecified atom stereocenters. The van der Waals surface area contributed by atoms with Crippen LogP contribution in [0.15, 0.2) is 35.4 Å². The summed E-state index contributed by atoms with van der Waals surface area (Å²) in [5.41, 5.74) is 2.08. The Hall–Kier alpha value is -2.54. The van der Waals surface area contributed by atoms with Gasteiger partial charge in [0, 0.05) is 19.5 Å². The molecule has 7 nitrogen and oxygen atoms in total. The number of hydrogen-bond donors (Lipinski definition) is 0. The van der Waals surface area contributed by atoms with E-state index in [1.165, 1.54) is 0 Å². The fourth-order valence-corrected chi connectivity index (χ4v) is 3.23. The lowest BCUT2D eigenvalue weighted by Gasteiger charge is -2.27. The van der Waals surface area contributed by atoms with Gasteiger partial charge in [0.05, 0.1) is 25.3 Å². The van der Waals surface area contributed by atoms with Crippen molar-refractivity contribution in [2.45, 2.75) is 26.4 Å². The third-order valence-electron chi connectivity index (χ3n) is 4.57. The SMILES string of the molecule is Cc1nnc2n1CCN(CC(=O)N1CCC(c3ccccc3)=N1)C2. The van der Waals surface area contributed by atoms with Crippen molar-refractivity contribution in [2.75, 3.05) is 19.6 Å². The molecule has 0 N–H and O–H groups in total. The third-order valence-corrected chi connectivity index (χ3v) is 4.57. The van der Waals surface area contributed by atoms with E-state index in [-0.39, 0.29) is 5.91 Å². The molecule has 0 aliphatic carbocycles. The van der Waals surface area contributed by atoms with Crippen LogP contribution in [0.1, 0.15) is 23.6 Å². The Morgan fingerprint density at radius 3 is 2.79 bits per heavy atom. The highest BCUT2D eigenvalue weighted by Gasteiger charge is 2.26. The highest BCUT2D eigenvalue weighted by atomic mass is 16.2. The van der Waals surface area contributed by atoms with E-state index >= 15 is 0 Å². The smallest absolute Gasteiger partial charge is 0.256 e. The van der Waals surface area contributed by atoms with Crippen LogP contribution in [0.25, 0.3) is 0 Å². The summed E-state index contributed by atoms with van der Waals surface area (Å²) < 4.78 is 2.11. The Bertz CT molecular complexity index is 782. The predicted molar refractivity (Wildman–Crippen MR) is 89.3 cm³/mol. The van der Waals surface area contributed by atoms with Crippen LogP contribution < -0.4 is 0 Å². The maximum atomic E-state index is 12.5. The number of nitrogens with zero attached hydrogens (tertiary/aromatic N) is 6. The Morgan fingerprint density at radius 2 is 1.96 bits per heavy atom. The van der Waals surface area contributed by atoms with Crippen LogP contribution in [0.4, 0.5) is 0 Å². The minimum absolute atomic E-state index is 0.0469. The van der Waals surface area contributed by atoms with Crippen molar-refractivity contribution in [1.29, 1.82) is 0 Å². The third kappa shape index (κ3) is 2.82. The summed E-state index contributed by atoms with van der Waals surface area (Å²) in [6, 6.07) is 10.0. The number of carbonyl (C=O) groups is 1. The second kappa shape index (κ2) is 6.16. The summed E-state index contributed by atoms with van der Waals surface area (Å²) >= 11 is 0. The first-order valence-corrected chi connectivity index (χ1v) is 8.25. The zero-order valence-electron chi connectivity index (χ0n) is 13.7. The molecule has 124 valence electrons. The Kier molecular flexibility index (Phi) is 3.86. The molecule has 2 aliphatic rings. The van der Waals surface area contributed by atoms with Gasteiger partial charge in [-0.3, -0.25) is 9.69 Å². The van der Waals surface area contributed by atoms with E-state index in [1.807, 2.05) is 37.3 Å². The van der Waals surface area contributed by atoms with Crippen LogP contribution in [-0.2, 0) is 17.9 Å². The van der Waals surface area contributed by atoms with Crippen molar-refractivity contribution < 1.29 is 4.79 Å². The van der Waals surface area contributed by atoms with Gasteiger partial charge in [-0.05, 0) is 12.5 Å². The minimum Gasteiger partial charge on any atom is -0.313 e. The molecule has 7 heteroatoms. The van der Waals surface area contributed by atoms with E-state index in [9.17, 15) is 4.79 Å². The quantitative estimate of drug-likeness (QED) is 0.846. The van der Waals surface area contributed by atoms with E-state index in [1.54, 1.807) is 5.01 Å². The van der Waals surface area contributed by atoms with Gasteiger partial charge in [-0.15, -0.1) is 10.2 Å².